The van der Waals surface area contributed by atoms with E-state index in [0.717, 1.165) is 4.88 Å². The van der Waals surface area contributed by atoms with Crippen LogP contribution in [0.4, 0.5) is 0 Å². The van der Waals surface area contributed by atoms with Gasteiger partial charge < -0.3 is 5.11 Å². The number of carbonyl (C=O) groups is 1. The fraction of sp³-hybridized carbons (Fsp3) is 0.0833. The van der Waals surface area contributed by atoms with E-state index < -0.39 is 16.8 Å². The minimum atomic E-state index is -1.12. The van der Waals surface area contributed by atoms with Crippen molar-refractivity contribution in [1.29, 1.82) is 0 Å². The van der Waals surface area contributed by atoms with Crippen molar-refractivity contribution in [3.05, 3.63) is 52.2 Å². The highest BCUT2D eigenvalue weighted by Crippen LogP contribution is 2.16. The van der Waals surface area contributed by atoms with Gasteiger partial charge in [0.25, 0.3) is 0 Å². The van der Waals surface area contributed by atoms with E-state index in [1.165, 1.54) is 12.1 Å². The Balaban J connectivity index is 2.12. The molecule has 0 spiro atoms. The Morgan fingerprint density at radius 3 is 2.47 bits per heavy atom. The quantitative estimate of drug-likeness (QED) is 0.925. The number of hydrogen-bond acceptors (Lipinski definition) is 3. The molecule has 1 heterocycles. The van der Waals surface area contributed by atoms with Crippen LogP contribution in [-0.4, -0.2) is 15.3 Å². The topological polar surface area (TPSA) is 54.4 Å². The summed E-state index contributed by atoms with van der Waals surface area (Å²) >= 11 is 1.57. The van der Waals surface area contributed by atoms with Gasteiger partial charge >= 0.3 is 5.97 Å². The highest BCUT2D eigenvalue weighted by Gasteiger charge is 2.07. The molecule has 0 saturated heterocycles. The zero-order valence-corrected chi connectivity index (χ0v) is 10.5. The summed E-state index contributed by atoms with van der Waals surface area (Å²) in [6.07, 6.45) is 0. The van der Waals surface area contributed by atoms with Crippen molar-refractivity contribution in [3.63, 3.8) is 0 Å². The lowest BCUT2D eigenvalue weighted by Crippen LogP contribution is -1.98. The zero-order chi connectivity index (χ0) is 12.3. The Morgan fingerprint density at radius 1 is 1.24 bits per heavy atom. The lowest BCUT2D eigenvalue weighted by atomic mass is 10.2. The molecule has 3 nitrogen and oxygen atoms in total. The number of carboxylic acid groups (broad SMARTS) is 1. The second-order valence-electron chi connectivity index (χ2n) is 3.40. The Kier molecular flexibility index (Phi) is 3.71. The minimum absolute atomic E-state index is 0.210. The first kappa shape index (κ1) is 12.0. The van der Waals surface area contributed by atoms with Crippen molar-refractivity contribution >= 4 is 28.1 Å². The Hall–Kier alpha value is -1.46. The van der Waals surface area contributed by atoms with Gasteiger partial charge in [0.05, 0.1) is 22.1 Å². The summed E-state index contributed by atoms with van der Waals surface area (Å²) in [7, 11) is -1.12. The van der Waals surface area contributed by atoms with E-state index >= 15 is 0 Å². The molecule has 1 N–H and O–H groups in total. The number of rotatable bonds is 4. The van der Waals surface area contributed by atoms with Gasteiger partial charge in [-0.3, -0.25) is 4.21 Å². The minimum Gasteiger partial charge on any atom is -0.478 e. The van der Waals surface area contributed by atoms with Crippen LogP contribution in [0.3, 0.4) is 0 Å². The number of thiophene rings is 1. The van der Waals surface area contributed by atoms with Crippen LogP contribution in [0.5, 0.6) is 0 Å². The normalized spacial score (nSPS) is 12.2. The summed E-state index contributed by atoms with van der Waals surface area (Å²) in [5.41, 5.74) is 0.210. The molecule has 1 aromatic carbocycles. The largest absolute Gasteiger partial charge is 0.478 e. The molecule has 2 rings (SSSR count). The van der Waals surface area contributed by atoms with Crippen molar-refractivity contribution in [2.75, 3.05) is 0 Å². The number of hydrogen-bond donors (Lipinski definition) is 1. The monoisotopic (exact) mass is 266 g/mol. The van der Waals surface area contributed by atoms with Crippen LogP contribution in [0.25, 0.3) is 0 Å². The Morgan fingerprint density at radius 2 is 1.94 bits per heavy atom. The van der Waals surface area contributed by atoms with E-state index in [2.05, 4.69) is 0 Å². The third-order valence-electron chi connectivity index (χ3n) is 2.22. The maximum atomic E-state index is 12.0. The van der Waals surface area contributed by atoms with Gasteiger partial charge in [0, 0.05) is 9.77 Å². The lowest BCUT2D eigenvalue weighted by molar-refractivity contribution is 0.0697. The van der Waals surface area contributed by atoms with E-state index in [9.17, 15) is 9.00 Å². The second kappa shape index (κ2) is 5.25. The van der Waals surface area contributed by atoms with E-state index in [4.69, 9.17) is 5.11 Å². The molecule has 1 aromatic heterocycles. The van der Waals surface area contributed by atoms with Crippen molar-refractivity contribution in [3.8, 4) is 0 Å². The van der Waals surface area contributed by atoms with Gasteiger partial charge in [0.1, 0.15) is 0 Å². The van der Waals surface area contributed by atoms with Gasteiger partial charge in [-0.25, -0.2) is 4.79 Å². The molecule has 0 saturated carbocycles. The van der Waals surface area contributed by atoms with E-state index in [0.29, 0.717) is 10.6 Å². The predicted octanol–water partition coefficient (Wildman–Crippen LogP) is 2.75. The first-order valence-electron chi connectivity index (χ1n) is 4.91. The number of carboxylic acids is 1. The van der Waals surface area contributed by atoms with Crippen molar-refractivity contribution in [1.82, 2.24) is 0 Å². The van der Waals surface area contributed by atoms with Crippen LogP contribution >= 0.6 is 11.3 Å². The van der Waals surface area contributed by atoms with Crippen molar-refractivity contribution in [2.45, 2.75) is 10.6 Å². The van der Waals surface area contributed by atoms with Crippen molar-refractivity contribution in [2.24, 2.45) is 0 Å². The molecule has 0 radical (unpaired) electrons. The predicted molar refractivity (Wildman–Crippen MR) is 67.8 cm³/mol. The number of benzene rings is 1. The summed E-state index contributed by atoms with van der Waals surface area (Å²) in [4.78, 5) is 12.4. The van der Waals surface area contributed by atoms with E-state index in [-0.39, 0.29) is 5.56 Å². The fourth-order valence-electron chi connectivity index (χ4n) is 1.36. The summed E-state index contributed by atoms with van der Waals surface area (Å²) < 4.78 is 12.0. The second-order valence-corrected chi connectivity index (χ2v) is 5.88. The average molecular weight is 266 g/mol. The van der Waals surface area contributed by atoms with Crippen LogP contribution in [0.2, 0.25) is 0 Å². The van der Waals surface area contributed by atoms with Gasteiger partial charge in [0.15, 0.2) is 0 Å². The third-order valence-corrected chi connectivity index (χ3v) is 4.65. The van der Waals surface area contributed by atoms with Gasteiger partial charge in [-0.2, -0.15) is 0 Å². The number of aromatic carboxylic acids is 1. The molecule has 0 fully saturated rings. The maximum Gasteiger partial charge on any atom is 0.335 e. The molecule has 2 aromatic rings. The van der Waals surface area contributed by atoms with Crippen LogP contribution in [-0.2, 0) is 16.6 Å². The van der Waals surface area contributed by atoms with Crippen molar-refractivity contribution < 1.29 is 14.1 Å². The molecule has 0 amide bonds. The molecule has 0 aliphatic carbocycles. The van der Waals surface area contributed by atoms with Crippen LogP contribution < -0.4 is 0 Å². The Bertz CT molecular complexity index is 529. The molecule has 1 atom stereocenters. The Labute approximate surface area is 105 Å². The molecule has 0 bridgehead atoms. The summed E-state index contributed by atoms with van der Waals surface area (Å²) in [6, 6.07) is 10.0. The molecule has 0 aliphatic rings. The molecular weight excluding hydrogens is 256 g/mol. The summed E-state index contributed by atoms with van der Waals surface area (Å²) in [5.74, 6) is -0.495. The molecule has 0 aliphatic heterocycles. The lowest BCUT2D eigenvalue weighted by Gasteiger charge is -2.01. The zero-order valence-electron chi connectivity index (χ0n) is 8.83. The van der Waals surface area contributed by atoms with Gasteiger partial charge in [-0.05, 0) is 35.7 Å². The standard InChI is InChI=1S/C12H10O3S2/c13-12(14)9-3-5-11(6-4-9)17(15)8-10-2-1-7-16-10/h1-7H,8H2,(H,13,14). The molecular formula is C12H10O3S2. The smallest absolute Gasteiger partial charge is 0.335 e. The summed E-state index contributed by atoms with van der Waals surface area (Å²) in [5, 5.41) is 10.7. The molecule has 17 heavy (non-hydrogen) atoms. The van der Waals surface area contributed by atoms with E-state index in [1.54, 1.807) is 23.5 Å². The van der Waals surface area contributed by atoms with E-state index in [1.807, 2.05) is 17.5 Å². The first-order chi connectivity index (χ1) is 8.16. The van der Waals surface area contributed by atoms with Crippen LogP contribution in [0, 0.1) is 0 Å². The van der Waals surface area contributed by atoms with Gasteiger partial charge in [-0.15, -0.1) is 11.3 Å². The molecule has 1 unspecified atom stereocenters. The fourth-order valence-corrected chi connectivity index (χ4v) is 3.40. The third kappa shape index (κ3) is 3.01. The molecule has 5 heteroatoms. The average Bonchev–Trinajstić information content (AvgIpc) is 2.82. The highest BCUT2D eigenvalue weighted by atomic mass is 32.2. The SMILES string of the molecule is O=C(O)c1ccc(S(=O)Cc2cccs2)cc1. The van der Waals surface area contributed by atoms with Gasteiger partial charge in [-0.1, -0.05) is 6.07 Å². The van der Waals surface area contributed by atoms with Crippen LogP contribution in [0.15, 0.2) is 46.7 Å². The van der Waals surface area contributed by atoms with Crippen LogP contribution in [0.1, 0.15) is 15.2 Å². The highest BCUT2D eigenvalue weighted by molar-refractivity contribution is 7.84. The first-order valence-corrected chi connectivity index (χ1v) is 7.11. The molecule has 88 valence electrons. The maximum absolute atomic E-state index is 12.0. The summed E-state index contributed by atoms with van der Waals surface area (Å²) in [6.45, 7) is 0. The van der Waals surface area contributed by atoms with Gasteiger partial charge in [0.2, 0.25) is 0 Å².